The fourth-order valence-corrected chi connectivity index (χ4v) is 1.52. The molecule has 0 saturated heterocycles. The first kappa shape index (κ1) is 12.0. The topological polar surface area (TPSA) is 53.8 Å². The highest BCUT2D eigenvalue weighted by atomic mass is 16.5. The molecule has 0 fully saturated rings. The minimum absolute atomic E-state index is 0.219. The van der Waals surface area contributed by atoms with E-state index in [9.17, 15) is 5.11 Å². The summed E-state index contributed by atoms with van der Waals surface area (Å²) in [6.07, 6.45) is 1.63. The Morgan fingerprint density at radius 3 is 2.78 bits per heavy atom. The highest BCUT2D eigenvalue weighted by molar-refractivity contribution is 5.81. The molecule has 0 atom stereocenters. The Kier molecular flexibility index (Phi) is 3.81. The van der Waals surface area contributed by atoms with Crippen LogP contribution < -0.4 is 10.2 Å². The zero-order valence-corrected chi connectivity index (χ0v) is 10.00. The summed E-state index contributed by atoms with van der Waals surface area (Å²) < 4.78 is 5.19. The predicted molar refractivity (Wildman–Crippen MR) is 72.3 cm³/mol. The van der Waals surface area contributed by atoms with Gasteiger partial charge in [-0.05, 0) is 29.8 Å². The van der Waals surface area contributed by atoms with Crippen LogP contribution in [0.1, 0.15) is 5.56 Å². The first-order valence-electron chi connectivity index (χ1n) is 5.51. The fourth-order valence-electron chi connectivity index (χ4n) is 1.52. The Labute approximate surface area is 106 Å². The van der Waals surface area contributed by atoms with Gasteiger partial charge in [-0.2, -0.15) is 5.10 Å². The van der Waals surface area contributed by atoms with Crippen molar-refractivity contribution in [2.75, 3.05) is 12.5 Å². The van der Waals surface area contributed by atoms with Gasteiger partial charge < -0.3 is 9.84 Å². The molecule has 2 aromatic carbocycles. The second-order valence-corrected chi connectivity index (χ2v) is 3.67. The molecular formula is C14H14N2O2. The summed E-state index contributed by atoms with van der Waals surface area (Å²) in [6.45, 7) is 0. The maximum atomic E-state index is 9.31. The number of hydrazone groups is 1. The molecule has 4 heteroatoms. The molecule has 0 unspecified atom stereocenters. The maximum Gasteiger partial charge on any atom is 0.143 e. The Morgan fingerprint density at radius 2 is 2.00 bits per heavy atom. The molecule has 0 aliphatic carbocycles. The number of anilines is 1. The van der Waals surface area contributed by atoms with Crippen molar-refractivity contribution in [2.24, 2.45) is 5.10 Å². The third-order valence-electron chi connectivity index (χ3n) is 2.38. The standard InChI is InChI=1S/C14H14N2O2/c1-18-14-8-3-2-7-13(14)16-15-10-11-5-4-6-12(17)9-11/h2-10,16-17H,1H3. The van der Waals surface area contributed by atoms with Crippen LogP contribution in [-0.2, 0) is 0 Å². The third-order valence-corrected chi connectivity index (χ3v) is 2.38. The van der Waals surface area contributed by atoms with Crippen molar-refractivity contribution in [2.45, 2.75) is 0 Å². The van der Waals surface area contributed by atoms with Crippen LogP contribution in [0.25, 0.3) is 0 Å². The molecule has 0 amide bonds. The first-order valence-corrected chi connectivity index (χ1v) is 5.51. The number of hydrogen-bond acceptors (Lipinski definition) is 4. The second kappa shape index (κ2) is 5.72. The summed E-state index contributed by atoms with van der Waals surface area (Å²) in [5.41, 5.74) is 4.50. The summed E-state index contributed by atoms with van der Waals surface area (Å²) >= 11 is 0. The third kappa shape index (κ3) is 3.01. The number of rotatable bonds is 4. The highest BCUT2D eigenvalue weighted by Crippen LogP contribution is 2.22. The summed E-state index contributed by atoms with van der Waals surface area (Å²) in [5, 5.41) is 13.4. The monoisotopic (exact) mass is 242 g/mol. The van der Waals surface area contributed by atoms with Crippen LogP contribution in [0.3, 0.4) is 0 Å². The van der Waals surface area contributed by atoms with E-state index in [0.29, 0.717) is 0 Å². The van der Waals surface area contributed by atoms with E-state index in [1.54, 1.807) is 31.5 Å². The number of nitrogens with one attached hydrogen (secondary N) is 1. The number of phenolic OH excluding ortho intramolecular Hbond substituents is 1. The number of nitrogens with zero attached hydrogens (tertiary/aromatic N) is 1. The van der Waals surface area contributed by atoms with E-state index >= 15 is 0 Å². The van der Waals surface area contributed by atoms with Crippen molar-refractivity contribution in [1.82, 2.24) is 0 Å². The molecule has 0 heterocycles. The summed E-state index contributed by atoms with van der Waals surface area (Å²) in [4.78, 5) is 0. The van der Waals surface area contributed by atoms with Crippen LogP contribution in [0.2, 0.25) is 0 Å². The van der Waals surface area contributed by atoms with Gasteiger partial charge in [-0.15, -0.1) is 0 Å². The summed E-state index contributed by atoms with van der Waals surface area (Å²) in [5.74, 6) is 0.946. The molecule has 0 aliphatic heterocycles. The molecule has 0 spiro atoms. The average Bonchev–Trinajstić information content (AvgIpc) is 2.39. The van der Waals surface area contributed by atoms with Crippen LogP contribution in [0.15, 0.2) is 53.6 Å². The van der Waals surface area contributed by atoms with Crippen LogP contribution in [0, 0.1) is 0 Å². The number of methoxy groups -OCH3 is 1. The van der Waals surface area contributed by atoms with Gasteiger partial charge in [0.2, 0.25) is 0 Å². The van der Waals surface area contributed by atoms with E-state index in [0.717, 1.165) is 17.0 Å². The number of hydrogen-bond donors (Lipinski definition) is 2. The molecule has 0 aliphatic rings. The predicted octanol–water partition coefficient (Wildman–Crippen LogP) is 2.85. The lowest BCUT2D eigenvalue weighted by Gasteiger charge is -2.06. The summed E-state index contributed by atoms with van der Waals surface area (Å²) in [6, 6.07) is 14.4. The van der Waals surface area contributed by atoms with Crippen molar-refractivity contribution in [3.63, 3.8) is 0 Å². The Morgan fingerprint density at radius 1 is 1.17 bits per heavy atom. The van der Waals surface area contributed by atoms with Crippen LogP contribution in [-0.4, -0.2) is 18.4 Å². The van der Waals surface area contributed by atoms with Gasteiger partial charge in [-0.3, -0.25) is 5.43 Å². The lowest BCUT2D eigenvalue weighted by Crippen LogP contribution is -1.94. The Hall–Kier alpha value is -2.49. The Bertz CT molecular complexity index is 553. The van der Waals surface area contributed by atoms with Gasteiger partial charge in [0.05, 0.1) is 19.0 Å². The van der Waals surface area contributed by atoms with Crippen LogP contribution >= 0.6 is 0 Å². The molecule has 92 valence electrons. The zero-order valence-electron chi connectivity index (χ0n) is 10.00. The van der Waals surface area contributed by atoms with E-state index in [4.69, 9.17) is 4.74 Å². The van der Waals surface area contributed by atoms with Crippen molar-refractivity contribution in [1.29, 1.82) is 0 Å². The van der Waals surface area contributed by atoms with E-state index in [-0.39, 0.29) is 5.75 Å². The normalized spacial score (nSPS) is 10.5. The molecule has 4 nitrogen and oxygen atoms in total. The van der Waals surface area contributed by atoms with E-state index in [1.807, 2.05) is 30.3 Å². The lowest BCUT2D eigenvalue weighted by molar-refractivity contribution is 0.416. The maximum absolute atomic E-state index is 9.31. The number of aromatic hydroxyl groups is 1. The summed E-state index contributed by atoms with van der Waals surface area (Å²) in [7, 11) is 1.61. The zero-order chi connectivity index (χ0) is 12.8. The SMILES string of the molecule is COc1ccccc1NN=Cc1cccc(O)c1. The van der Waals surface area contributed by atoms with Gasteiger partial charge in [0.15, 0.2) is 0 Å². The van der Waals surface area contributed by atoms with E-state index in [2.05, 4.69) is 10.5 Å². The first-order chi connectivity index (χ1) is 8.79. The van der Waals surface area contributed by atoms with Gasteiger partial charge in [0, 0.05) is 0 Å². The van der Waals surface area contributed by atoms with Gasteiger partial charge >= 0.3 is 0 Å². The molecule has 0 bridgehead atoms. The number of ether oxygens (including phenoxy) is 1. The molecule has 0 radical (unpaired) electrons. The number of phenols is 1. The fraction of sp³-hybridized carbons (Fsp3) is 0.0714. The molecule has 2 N–H and O–H groups in total. The van der Waals surface area contributed by atoms with E-state index in [1.165, 1.54) is 0 Å². The van der Waals surface area contributed by atoms with Crippen LogP contribution in [0.5, 0.6) is 11.5 Å². The minimum Gasteiger partial charge on any atom is -0.508 e. The van der Waals surface area contributed by atoms with Crippen molar-refractivity contribution in [3.8, 4) is 11.5 Å². The van der Waals surface area contributed by atoms with Gasteiger partial charge in [0.1, 0.15) is 11.5 Å². The molecule has 0 aromatic heterocycles. The largest absolute Gasteiger partial charge is 0.508 e. The quantitative estimate of drug-likeness (QED) is 0.640. The van der Waals surface area contributed by atoms with Gasteiger partial charge in [-0.25, -0.2) is 0 Å². The second-order valence-electron chi connectivity index (χ2n) is 3.67. The molecule has 0 saturated carbocycles. The molecule has 18 heavy (non-hydrogen) atoms. The van der Waals surface area contributed by atoms with E-state index < -0.39 is 0 Å². The van der Waals surface area contributed by atoms with Crippen LogP contribution in [0.4, 0.5) is 5.69 Å². The smallest absolute Gasteiger partial charge is 0.143 e. The number of benzene rings is 2. The lowest BCUT2D eigenvalue weighted by atomic mass is 10.2. The minimum atomic E-state index is 0.219. The molecule has 2 rings (SSSR count). The average molecular weight is 242 g/mol. The highest BCUT2D eigenvalue weighted by Gasteiger charge is 1.98. The van der Waals surface area contributed by atoms with Gasteiger partial charge in [-0.1, -0.05) is 24.3 Å². The van der Waals surface area contributed by atoms with Gasteiger partial charge in [0.25, 0.3) is 0 Å². The molecular weight excluding hydrogens is 228 g/mol. The molecule has 2 aromatic rings. The van der Waals surface area contributed by atoms with Crippen molar-refractivity contribution in [3.05, 3.63) is 54.1 Å². The number of para-hydroxylation sites is 2. The van der Waals surface area contributed by atoms with Crippen molar-refractivity contribution >= 4 is 11.9 Å². The Balaban J connectivity index is 2.07. The van der Waals surface area contributed by atoms with Crippen molar-refractivity contribution < 1.29 is 9.84 Å².